The number of amides is 1. The van der Waals surface area contributed by atoms with Crippen LogP contribution in [0.1, 0.15) is 16.9 Å². The second-order valence-corrected chi connectivity index (χ2v) is 8.16. The summed E-state index contributed by atoms with van der Waals surface area (Å²) in [6.07, 6.45) is 2.20. The molecule has 7 heteroatoms. The van der Waals surface area contributed by atoms with Gasteiger partial charge in [0.25, 0.3) is 0 Å². The maximum Gasteiger partial charge on any atom is 0.239 e. The number of fused-ring (bicyclic) bond motifs is 1. The molecular formula is C12H18N2O3S2. The van der Waals surface area contributed by atoms with Gasteiger partial charge in [0.2, 0.25) is 5.91 Å². The minimum absolute atomic E-state index is 0.0442. The van der Waals surface area contributed by atoms with Gasteiger partial charge in [-0.15, -0.1) is 11.3 Å². The highest BCUT2D eigenvalue weighted by Crippen LogP contribution is 2.24. The third-order valence-electron chi connectivity index (χ3n) is 3.24. The topological polar surface area (TPSA) is 80.5 Å². The van der Waals surface area contributed by atoms with Gasteiger partial charge in [0.1, 0.15) is 9.84 Å². The lowest BCUT2D eigenvalue weighted by molar-refractivity contribution is -0.133. The highest BCUT2D eigenvalue weighted by atomic mass is 32.2. The smallest absolute Gasteiger partial charge is 0.239 e. The highest BCUT2D eigenvalue weighted by molar-refractivity contribution is 7.90. The fraction of sp³-hybridized carbons (Fsp3) is 0.583. The van der Waals surface area contributed by atoms with E-state index >= 15 is 0 Å². The van der Waals surface area contributed by atoms with Crippen molar-refractivity contribution < 1.29 is 13.2 Å². The van der Waals surface area contributed by atoms with Crippen molar-refractivity contribution in [3.05, 3.63) is 21.9 Å². The molecule has 0 aliphatic carbocycles. The van der Waals surface area contributed by atoms with E-state index in [1.165, 1.54) is 10.4 Å². The van der Waals surface area contributed by atoms with Gasteiger partial charge in [0.05, 0.1) is 11.8 Å². The summed E-state index contributed by atoms with van der Waals surface area (Å²) in [5.74, 6) is -0.197. The van der Waals surface area contributed by atoms with Crippen molar-refractivity contribution in [1.29, 1.82) is 0 Å². The minimum Gasteiger partial charge on any atom is -0.337 e. The predicted molar refractivity (Wildman–Crippen MR) is 75.7 cm³/mol. The third-order valence-corrected chi connectivity index (χ3v) is 5.24. The van der Waals surface area contributed by atoms with E-state index in [-0.39, 0.29) is 18.1 Å². The average molecular weight is 302 g/mol. The average Bonchev–Trinajstić information content (AvgIpc) is 2.81. The van der Waals surface area contributed by atoms with Crippen LogP contribution in [0.2, 0.25) is 0 Å². The van der Waals surface area contributed by atoms with Crippen LogP contribution in [0.5, 0.6) is 0 Å². The summed E-state index contributed by atoms with van der Waals surface area (Å²) in [5, 5.41) is 2.03. The maximum absolute atomic E-state index is 12.2. The van der Waals surface area contributed by atoms with Crippen LogP contribution in [0, 0.1) is 0 Å². The first-order chi connectivity index (χ1) is 8.87. The van der Waals surface area contributed by atoms with E-state index in [4.69, 9.17) is 5.73 Å². The van der Waals surface area contributed by atoms with Crippen molar-refractivity contribution in [3.8, 4) is 0 Å². The van der Waals surface area contributed by atoms with Crippen LogP contribution in [-0.4, -0.2) is 43.8 Å². The molecule has 19 heavy (non-hydrogen) atoms. The van der Waals surface area contributed by atoms with E-state index in [2.05, 4.69) is 0 Å². The molecule has 1 aliphatic rings. The minimum atomic E-state index is -3.07. The van der Waals surface area contributed by atoms with Crippen LogP contribution in [0.4, 0.5) is 0 Å². The number of hydrogen-bond donors (Lipinski definition) is 1. The largest absolute Gasteiger partial charge is 0.337 e. The molecule has 0 saturated carbocycles. The summed E-state index contributed by atoms with van der Waals surface area (Å²) in [5.41, 5.74) is 6.98. The van der Waals surface area contributed by atoms with Crippen LogP contribution in [-0.2, 0) is 27.6 Å². The van der Waals surface area contributed by atoms with Gasteiger partial charge in [-0.05, 0) is 29.9 Å². The van der Waals surface area contributed by atoms with Gasteiger partial charge < -0.3 is 10.6 Å². The molecule has 1 aromatic heterocycles. The summed E-state index contributed by atoms with van der Waals surface area (Å²) >= 11 is 1.71. The van der Waals surface area contributed by atoms with E-state index in [1.807, 2.05) is 11.4 Å². The van der Waals surface area contributed by atoms with Crippen LogP contribution in [0.15, 0.2) is 11.4 Å². The van der Waals surface area contributed by atoms with Crippen LogP contribution < -0.4 is 5.73 Å². The highest BCUT2D eigenvalue weighted by Gasteiger charge is 2.26. The molecule has 0 radical (unpaired) electrons. The Balaban J connectivity index is 1.94. The predicted octanol–water partition coefficient (Wildman–Crippen LogP) is 0.395. The number of nitrogens with zero attached hydrogens (tertiary/aromatic N) is 1. The number of sulfone groups is 1. The van der Waals surface area contributed by atoms with Crippen molar-refractivity contribution in [3.63, 3.8) is 0 Å². The second kappa shape index (κ2) is 5.60. The lowest BCUT2D eigenvalue weighted by Crippen LogP contribution is -2.46. The molecule has 5 nitrogen and oxygen atoms in total. The standard InChI is InChI=1S/C12H18N2O3S2/c1-19(16,17)7-4-10(13)12(15)14-5-2-11-9(8-14)3-6-18-11/h3,6,10H,2,4-5,7-8,13H2,1H3. The van der Waals surface area contributed by atoms with Crippen LogP contribution in [0.3, 0.4) is 0 Å². The van der Waals surface area contributed by atoms with Crippen molar-refractivity contribution in [2.75, 3.05) is 18.6 Å². The van der Waals surface area contributed by atoms with Gasteiger partial charge >= 0.3 is 0 Å². The normalized spacial score (nSPS) is 17.1. The van der Waals surface area contributed by atoms with E-state index in [1.54, 1.807) is 16.2 Å². The molecule has 1 amide bonds. The number of thiophene rings is 1. The van der Waals surface area contributed by atoms with Crippen LogP contribution in [0.25, 0.3) is 0 Å². The molecule has 2 rings (SSSR count). The first kappa shape index (κ1) is 14.5. The Bertz CT molecular complexity index is 565. The van der Waals surface area contributed by atoms with Crippen molar-refractivity contribution >= 4 is 27.1 Å². The SMILES string of the molecule is CS(=O)(=O)CCC(N)C(=O)N1CCc2sccc2C1. The third kappa shape index (κ3) is 3.77. The molecule has 0 fully saturated rings. The van der Waals surface area contributed by atoms with Crippen LogP contribution >= 0.6 is 11.3 Å². The Hall–Kier alpha value is -0.920. The summed E-state index contributed by atoms with van der Waals surface area (Å²) in [4.78, 5) is 15.2. The van der Waals surface area contributed by atoms with E-state index in [0.717, 1.165) is 12.7 Å². The fourth-order valence-corrected chi connectivity index (χ4v) is 3.71. The molecule has 1 atom stereocenters. The van der Waals surface area contributed by atoms with Gasteiger partial charge in [0, 0.05) is 24.2 Å². The first-order valence-electron chi connectivity index (χ1n) is 6.14. The van der Waals surface area contributed by atoms with E-state index < -0.39 is 15.9 Å². The van der Waals surface area contributed by atoms with Gasteiger partial charge in [-0.1, -0.05) is 0 Å². The molecule has 0 spiro atoms. The molecule has 0 bridgehead atoms. The van der Waals surface area contributed by atoms with Gasteiger partial charge in [-0.3, -0.25) is 4.79 Å². The number of carbonyl (C=O) groups excluding carboxylic acids is 1. The monoisotopic (exact) mass is 302 g/mol. The Kier molecular flexibility index (Phi) is 4.27. The molecule has 0 saturated heterocycles. The zero-order chi connectivity index (χ0) is 14.0. The quantitative estimate of drug-likeness (QED) is 0.873. The molecule has 2 heterocycles. The van der Waals surface area contributed by atoms with Crippen molar-refractivity contribution in [2.45, 2.75) is 25.4 Å². The lowest BCUT2D eigenvalue weighted by Gasteiger charge is -2.29. The number of rotatable bonds is 4. The summed E-state index contributed by atoms with van der Waals surface area (Å²) in [6, 6.07) is 1.30. The molecule has 106 valence electrons. The Morgan fingerprint density at radius 3 is 3.00 bits per heavy atom. The van der Waals surface area contributed by atoms with Gasteiger partial charge in [-0.2, -0.15) is 0 Å². The fourth-order valence-electron chi connectivity index (χ4n) is 2.14. The summed E-state index contributed by atoms with van der Waals surface area (Å²) < 4.78 is 22.2. The Labute approximate surface area is 117 Å². The van der Waals surface area contributed by atoms with E-state index in [9.17, 15) is 13.2 Å². The van der Waals surface area contributed by atoms with E-state index in [0.29, 0.717) is 13.1 Å². The summed E-state index contributed by atoms with van der Waals surface area (Å²) in [7, 11) is -3.07. The van der Waals surface area contributed by atoms with Crippen molar-refractivity contribution in [1.82, 2.24) is 4.90 Å². The molecule has 1 aromatic rings. The molecular weight excluding hydrogens is 284 g/mol. The first-order valence-corrected chi connectivity index (χ1v) is 9.08. The summed E-state index contributed by atoms with van der Waals surface area (Å²) in [6.45, 7) is 1.25. The number of nitrogens with two attached hydrogens (primary N) is 1. The number of hydrogen-bond acceptors (Lipinski definition) is 5. The Morgan fingerprint density at radius 1 is 1.58 bits per heavy atom. The number of carbonyl (C=O) groups is 1. The second-order valence-electron chi connectivity index (χ2n) is 4.90. The van der Waals surface area contributed by atoms with Gasteiger partial charge in [0.15, 0.2) is 0 Å². The van der Waals surface area contributed by atoms with Gasteiger partial charge in [-0.25, -0.2) is 8.42 Å². The Morgan fingerprint density at radius 2 is 2.32 bits per heavy atom. The molecule has 2 N–H and O–H groups in total. The molecule has 1 unspecified atom stereocenters. The van der Waals surface area contributed by atoms with Crippen molar-refractivity contribution in [2.24, 2.45) is 5.73 Å². The molecule has 1 aliphatic heterocycles. The lowest BCUT2D eigenvalue weighted by atomic mass is 10.1. The zero-order valence-electron chi connectivity index (χ0n) is 10.8. The maximum atomic E-state index is 12.2. The zero-order valence-corrected chi connectivity index (χ0v) is 12.5. The molecule has 0 aromatic carbocycles.